The molecule has 6 nitrogen and oxygen atoms in total. The number of rotatable bonds is 1. The number of fused-ring (bicyclic) bond motifs is 1. The van der Waals surface area contributed by atoms with Gasteiger partial charge in [0.15, 0.2) is 12.6 Å². The van der Waals surface area contributed by atoms with E-state index in [0.29, 0.717) is 0 Å². The van der Waals surface area contributed by atoms with E-state index in [9.17, 15) is 15.3 Å². The van der Waals surface area contributed by atoms with Crippen LogP contribution in [0.4, 0.5) is 0 Å². The molecule has 4 unspecified atom stereocenters. The number of hydrogen-bond donors (Lipinski definition) is 3. The highest BCUT2D eigenvalue weighted by Gasteiger charge is 2.48. The molecule has 0 aromatic heterocycles. The second-order valence-electron chi connectivity index (χ2n) is 4.72. The average molecular weight is 268 g/mol. The summed E-state index contributed by atoms with van der Waals surface area (Å²) in [6.45, 7) is 0.186. The summed E-state index contributed by atoms with van der Waals surface area (Å²) in [5, 5.41) is 29.0. The van der Waals surface area contributed by atoms with Crippen LogP contribution >= 0.6 is 0 Å². The molecule has 0 saturated carbocycles. The molecule has 3 rings (SSSR count). The van der Waals surface area contributed by atoms with Crippen LogP contribution in [-0.2, 0) is 14.2 Å². The third kappa shape index (κ3) is 2.38. The van der Waals surface area contributed by atoms with Gasteiger partial charge < -0.3 is 29.5 Å². The summed E-state index contributed by atoms with van der Waals surface area (Å²) in [4.78, 5) is 0. The highest BCUT2D eigenvalue weighted by molar-refractivity contribution is 5.16. The van der Waals surface area contributed by atoms with Gasteiger partial charge in [0, 0.05) is 5.56 Å². The van der Waals surface area contributed by atoms with E-state index < -0.39 is 37.0 Å². The lowest BCUT2D eigenvalue weighted by atomic mass is 9.98. The summed E-state index contributed by atoms with van der Waals surface area (Å²) in [6, 6.07) is 9.31. The molecule has 6 heteroatoms. The Balaban J connectivity index is 1.75. The first-order valence-electron chi connectivity index (χ1n) is 6.18. The summed E-state index contributed by atoms with van der Waals surface area (Å²) in [5.41, 5.74) is 0.828. The van der Waals surface area contributed by atoms with Crippen LogP contribution in [0.25, 0.3) is 0 Å². The number of benzene rings is 1. The lowest BCUT2D eigenvalue weighted by molar-refractivity contribution is -0.354. The fourth-order valence-corrected chi connectivity index (χ4v) is 2.37. The zero-order chi connectivity index (χ0) is 13.4. The van der Waals surface area contributed by atoms with Crippen LogP contribution in [0.2, 0.25) is 0 Å². The van der Waals surface area contributed by atoms with Crippen molar-refractivity contribution in [2.24, 2.45) is 0 Å². The molecule has 0 radical (unpaired) electrons. The molecule has 2 aliphatic rings. The van der Waals surface area contributed by atoms with Crippen LogP contribution in [0, 0.1) is 0 Å². The fraction of sp³-hybridized carbons (Fsp3) is 0.538. The van der Waals surface area contributed by atoms with Crippen molar-refractivity contribution in [3.8, 4) is 0 Å². The lowest BCUT2D eigenvalue weighted by Crippen LogP contribution is -2.61. The maximum atomic E-state index is 9.94. The van der Waals surface area contributed by atoms with Crippen molar-refractivity contribution in [1.82, 2.24) is 0 Å². The van der Waals surface area contributed by atoms with E-state index in [2.05, 4.69) is 0 Å². The standard InChI is InChI=1S/C13H16O6/c14-9-10(15)12(16)18-8-6-17-13(19-11(8)9)7-4-2-1-3-5-7/h1-5,8-16H,6H2/t8?,9?,10?,11-,12+,13?/m0/s1. The molecule has 3 N–H and O–H groups in total. The zero-order valence-electron chi connectivity index (χ0n) is 10.1. The van der Waals surface area contributed by atoms with Gasteiger partial charge in [-0.2, -0.15) is 0 Å². The Hall–Kier alpha value is -1.02. The topological polar surface area (TPSA) is 88.4 Å². The summed E-state index contributed by atoms with van der Waals surface area (Å²) in [6.07, 6.45) is -5.93. The first kappa shape index (κ1) is 13.0. The van der Waals surface area contributed by atoms with E-state index in [0.717, 1.165) is 5.56 Å². The number of hydrogen-bond acceptors (Lipinski definition) is 6. The number of ether oxygens (including phenoxy) is 3. The smallest absolute Gasteiger partial charge is 0.184 e. The predicted molar refractivity (Wildman–Crippen MR) is 62.9 cm³/mol. The molecular weight excluding hydrogens is 252 g/mol. The molecule has 2 saturated heterocycles. The van der Waals surface area contributed by atoms with Gasteiger partial charge in [-0.3, -0.25) is 0 Å². The Morgan fingerprint density at radius 3 is 2.42 bits per heavy atom. The molecule has 2 heterocycles. The van der Waals surface area contributed by atoms with Gasteiger partial charge in [-0.15, -0.1) is 0 Å². The van der Waals surface area contributed by atoms with Gasteiger partial charge in [-0.1, -0.05) is 30.3 Å². The number of aliphatic hydroxyl groups is 3. The van der Waals surface area contributed by atoms with E-state index in [4.69, 9.17) is 14.2 Å². The minimum atomic E-state index is -1.42. The molecule has 0 bridgehead atoms. The van der Waals surface area contributed by atoms with Gasteiger partial charge in [0.25, 0.3) is 0 Å². The summed E-state index contributed by atoms with van der Waals surface area (Å²) in [5.74, 6) is 0. The fourth-order valence-electron chi connectivity index (χ4n) is 2.37. The summed E-state index contributed by atoms with van der Waals surface area (Å²) < 4.78 is 16.3. The Kier molecular flexibility index (Phi) is 3.53. The Bertz CT molecular complexity index is 422. The molecule has 2 aliphatic heterocycles. The van der Waals surface area contributed by atoms with Crippen molar-refractivity contribution < 1.29 is 29.5 Å². The van der Waals surface area contributed by atoms with Crippen molar-refractivity contribution in [2.75, 3.05) is 6.61 Å². The molecule has 0 amide bonds. The van der Waals surface area contributed by atoms with Crippen molar-refractivity contribution in [2.45, 2.75) is 37.0 Å². The number of aliphatic hydroxyl groups excluding tert-OH is 3. The quantitative estimate of drug-likeness (QED) is 0.639. The van der Waals surface area contributed by atoms with E-state index in [1.165, 1.54) is 0 Å². The molecule has 2 fully saturated rings. The minimum absolute atomic E-state index is 0.186. The Morgan fingerprint density at radius 1 is 0.947 bits per heavy atom. The van der Waals surface area contributed by atoms with Gasteiger partial charge in [-0.05, 0) is 0 Å². The van der Waals surface area contributed by atoms with E-state index >= 15 is 0 Å². The maximum absolute atomic E-state index is 9.94. The van der Waals surface area contributed by atoms with Crippen LogP contribution in [0.1, 0.15) is 11.9 Å². The average Bonchev–Trinajstić information content (AvgIpc) is 2.46. The molecule has 0 aliphatic carbocycles. The first-order valence-corrected chi connectivity index (χ1v) is 6.18. The minimum Gasteiger partial charge on any atom is -0.387 e. The molecule has 104 valence electrons. The van der Waals surface area contributed by atoms with E-state index in [1.54, 1.807) is 0 Å². The molecule has 1 aromatic rings. The van der Waals surface area contributed by atoms with E-state index in [-0.39, 0.29) is 6.61 Å². The van der Waals surface area contributed by atoms with Gasteiger partial charge in [0.05, 0.1) is 6.61 Å². The highest BCUT2D eigenvalue weighted by atomic mass is 16.7. The second-order valence-corrected chi connectivity index (χ2v) is 4.72. The van der Waals surface area contributed by atoms with Crippen molar-refractivity contribution >= 4 is 0 Å². The van der Waals surface area contributed by atoms with Gasteiger partial charge in [-0.25, -0.2) is 0 Å². The van der Waals surface area contributed by atoms with Gasteiger partial charge in [0.1, 0.15) is 24.4 Å². The maximum Gasteiger partial charge on any atom is 0.184 e. The third-order valence-corrected chi connectivity index (χ3v) is 3.42. The molecule has 6 atom stereocenters. The molecular formula is C13H16O6. The highest BCUT2D eigenvalue weighted by Crippen LogP contribution is 2.33. The van der Waals surface area contributed by atoms with Crippen LogP contribution in [0.3, 0.4) is 0 Å². The molecule has 1 aromatic carbocycles. The Morgan fingerprint density at radius 2 is 1.68 bits per heavy atom. The normalized spacial score (nSPS) is 42.7. The van der Waals surface area contributed by atoms with Crippen molar-refractivity contribution in [3.63, 3.8) is 0 Å². The van der Waals surface area contributed by atoms with Crippen LogP contribution in [0.15, 0.2) is 30.3 Å². The summed E-state index contributed by atoms with van der Waals surface area (Å²) >= 11 is 0. The van der Waals surface area contributed by atoms with Gasteiger partial charge >= 0.3 is 0 Å². The SMILES string of the molecule is OC1C(O)[C@H](O)OC2COC(c3ccccc3)O[C@@H]21. The van der Waals surface area contributed by atoms with Crippen LogP contribution in [0.5, 0.6) is 0 Å². The van der Waals surface area contributed by atoms with E-state index in [1.807, 2.05) is 30.3 Å². The largest absolute Gasteiger partial charge is 0.387 e. The second kappa shape index (κ2) is 5.16. The zero-order valence-corrected chi connectivity index (χ0v) is 10.1. The summed E-state index contributed by atoms with van der Waals surface area (Å²) in [7, 11) is 0. The predicted octanol–water partition coefficient (Wildman–Crippen LogP) is -0.460. The van der Waals surface area contributed by atoms with Crippen molar-refractivity contribution in [1.29, 1.82) is 0 Å². The first-order chi connectivity index (χ1) is 9.16. The van der Waals surface area contributed by atoms with Crippen LogP contribution < -0.4 is 0 Å². The van der Waals surface area contributed by atoms with Crippen LogP contribution in [-0.4, -0.2) is 52.6 Å². The molecule has 19 heavy (non-hydrogen) atoms. The third-order valence-electron chi connectivity index (χ3n) is 3.42. The van der Waals surface area contributed by atoms with Crippen molar-refractivity contribution in [3.05, 3.63) is 35.9 Å². The Labute approximate surface area is 110 Å². The molecule has 0 spiro atoms. The van der Waals surface area contributed by atoms with Gasteiger partial charge in [0.2, 0.25) is 0 Å². The lowest BCUT2D eigenvalue weighted by Gasteiger charge is -2.45. The monoisotopic (exact) mass is 268 g/mol.